The van der Waals surface area contributed by atoms with Crippen LogP contribution in [0.2, 0.25) is 0 Å². The van der Waals surface area contributed by atoms with Crippen molar-refractivity contribution >= 4 is 5.78 Å². The molecule has 2 nitrogen and oxygen atoms in total. The lowest BCUT2D eigenvalue weighted by atomic mass is 10.1. The number of halogens is 1. The Labute approximate surface area is 111 Å². The zero-order chi connectivity index (χ0) is 13.7. The highest BCUT2D eigenvalue weighted by Crippen LogP contribution is 2.15. The van der Waals surface area contributed by atoms with Gasteiger partial charge in [-0.2, -0.15) is 0 Å². The quantitative estimate of drug-likeness (QED) is 0.765. The van der Waals surface area contributed by atoms with E-state index in [2.05, 4.69) is 6.92 Å². The number of para-hydroxylation sites is 1. The second-order valence-corrected chi connectivity index (χ2v) is 4.19. The third kappa shape index (κ3) is 3.41. The fourth-order valence-electron chi connectivity index (χ4n) is 1.71. The molecule has 0 aliphatic rings. The Morgan fingerprint density at radius 2 is 1.79 bits per heavy atom. The first kappa shape index (κ1) is 13.3. The summed E-state index contributed by atoms with van der Waals surface area (Å²) in [5.74, 6) is -0.524. The fraction of sp³-hybridized carbons (Fsp3) is 0.188. The minimum Gasteiger partial charge on any atom is -0.482 e. The van der Waals surface area contributed by atoms with E-state index < -0.39 is 5.82 Å². The van der Waals surface area contributed by atoms with E-state index in [1.807, 2.05) is 12.1 Å². The van der Waals surface area contributed by atoms with Crippen LogP contribution < -0.4 is 4.74 Å². The molecule has 0 spiro atoms. The lowest BCUT2D eigenvalue weighted by molar-refractivity contribution is 0.0919. The van der Waals surface area contributed by atoms with Gasteiger partial charge >= 0.3 is 0 Å². The van der Waals surface area contributed by atoms with Gasteiger partial charge in [-0.05, 0) is 24.1 Å². The summed E-state index contributed by atoms with van der Waals surface area (Å²) in [5, 5.41) is 0. The fourth-order valence-corrected chi connectivity index (χ4v) is 1.71. The van der Waals surface area contributed by atoms with Gasteiger partial charge in [-0.25, -0.2) is 4.39 Å². The summed E-state index contributed by atoms with van der Waals surface area (Å²) in [4.78, 5) is 11.9. The molecule has 0 saturated heterocycles. The molecule has 3 heteroatoms. The number of carbonyl (C=O) groups is 1. The number of hydrogen-bond donors (Lipinski definition) is 0. The van der Waals surface area contributed by atoms with Gasteiger partial charge in [-0.15, -0.1) is 0 Å². The molecule has 0 radical (unpaired) electrons. The minimum atomic E-state index is -0.461. The highest BCUT2D eigenvalue weighted by molar-refractivity contribution is 5.97. The van der Waals surface area contributed by atoms with Crippen molar-refractivity contribution in [3.63, 3.8) is 0 Å². The highest BCUT2D eigenvalue weighted by Gasteiger charge is 2.08. The topological polar surface area (TPSA) is 26.3 Å². The Balaban J connectivity index is 1.99. The zero-order valence-electron chi connectivity index (χ0n) is 10.7. The van der Waals surface area contributed by atoms with Crippen LogP contribution in [0.5, 0.6) is 5.75 Å². The summed E-state index contributed by atoms with van der Waals surface area (Å²) in [5.41, 5.74) is 1.75. The molecule has 98 valence electrons. The molecular formula is C16H15FO2. The van der Waals surface area contributed by atoms with Crippen molar-refractivity contribution in [2.24, 2.45) is 0 Å². The summed E-state index contributed by atoms with van der Waals surface area (Å²) >= 11 is 0. The predicted molar refractivity (Wildman–Crippen MR) is 72.0 cm³/mol. The Morgan fingerprint density at radius 3 is 2.42 bits per heavy atom. The van der Waals surface area contributed by atoms with Crippen LogP contribution in [0.25, 0.3) is 0 Å². The van der Waals surface area contributed by atoms with Crippen LogP contribution in [-0.4, -0.2) is 12.4 Å². The van der Waals surface area contributed by atoms with Crippen LogP contribution in [0.4, 0.5) is 4.39 Å². The molecule has 0 atom stereocenters. The Hall–Kier alpha value is -2.16. The third-order valence-electron chi connectivity index (χ3n) is 2.88. The smallest absolute Gasteiger partial charge is 0.200 e. The molecular weight excluding hydrogens is 243 g/mol. The molecule has 0 aliphatic carbocycles. The van der Waals surface area contributed by atoms with Crippen molar-refractivity contribution in [3.8, 4) is 5.75 Å². The summed E-state index contributed by atoms with van der Waals surface area (Å²) in [6, 6.07) is 13.4. The van der Waals surface area contributed by atoms with Crippen LogP contribution in [0, 0.1) is 5.82 Å². The second kappa shape index (κ2) is 6.14. The molecule has 0 aliphatic heterocycles. The monoisotopic (exact) mass is 258 g/mol. The zero-order valence-corrected chi connectivity index (χ0v) is 10.7. The molecule has 0 aromatic heterocycles. The maximum absolute atomic E-state index is 13.3. The normalized spacial score (nSPS) is 10.2. The van der Waals surface area contributed by atoms with E-state index in [0.717, 1.165) is 6.42 Å². The van der Waals surface area contributed by atoms with Crippen LogP contribution in [0.1, 0.15) is 22.8 Å². The molecule has 0 fully saturated rings. The first-order valence-corrected chi connectivity index (χ1v) is 6.20. The number of ether oxygens (including phenoxy) is 1. The first-order valence-electron chi connectivity index (χ1n) is 6.20. The Bertz CT molecular complexity index is 561. The van der Waals surface area contributed by atoms with Crippen LogP contribution in [-0.2, 0) is 6.42 Å². The van der Waals surface area contributed by atoms with E-state index in [0.29, 0.717) is 5.56 Å². The van der Waals surface area contributed by atoms with E-state index in [9.17, 15) is 9.18 Å². The van der Waals surface area contributed by atoms with E-state index in [1.165, 1.54) is 17.7 Å². The predicted octanol–water partition coefficient (Wildman–Crippen LogP) is 3.65. The number of carbonyl (C=O) groups excluding carboxylic acids is 1. The molecule has 0 amide bonds. The van der Waals surface area contributed by atoms with Crippen molar-refractivity contribution in [3.05, 3.63) is 65.5 Å². The summed E-state index contributed by atoms with van der Waals surface area (Å²) in [6.07, 6.45) is 0.931. The molecule has 0 unspecified atom stereocenters. The number of hydrogen-bond acceptors (Lipinski definition) is 2. The maximum atomic E-state index is 13.3. The van der Waals surface area contributed by atoms with E-state index in [1.54, 1.807) is 24.3 Å². The van der Waals surface area contributed by atoms with Crippen LogP contribution in [0.3, 0.4) is 0 Å². The van der Waals surface area contributed by atoms with Gasteiger partial charge < -0.3 is 4.74 Å². The maximum Gasteiger partial charge on any atom is 0.200 e. The lowest BCUT2D eigenvalue weighted by Crippen LogP contribution is -2.12. The number of rotatable bonds is 5. The van der Waals surface area contributed by atoms with Gasteiger partial charge in [0, 0.05) is 5.56 Å². The van der Waals surface area contributed by atoms with Gasteiger partial charge in [0.2, 0.25) is 0 Å². The number of benzene rings is 2. The standard InChI is InChI=1S/C16H15FO2/c1-2-12-7-9-13(10-8-12)15(18)11-19-16-6-4-3-5-14(16)17/h3-10H,2,11H2,1H3. The van der Waals surface area contributed by atoms with Gasteiger partial charge in [0.15, 0.2) is 24.0 Å². The molecule has 2 rings (SSSR count). The van der Waals surface area contributed by atoms with E-state index in [-0.39, 0.29) is 18.1 Å². The number of ketones is 1. The van der Waals surface area contributed by atoms with E-state index in [4.69, 9.17) is 4.74 Å². The van der Waals surface area contributed by atoms with Gasteiger partial charge in [0.05, 0.1) is 0 Å². The van der Waals surface area contributed by atoms with Gasteiger partial charge in [-0.3, -0.25) is 4.79 Å². The summed E-state index contributed by atoms with van der Waals surface area (Å²) in [7, 11) is 0. The Morgan fingerprint density at radius 1 is 1.11 bits per heavy atom. The molecule has 0 heterocycles. The average Bonchev–Trinajstić information content (AvgIpc) is 2.46. The molecule has 19 heavy (non-hydrogen) atoms. The second-order valence-electron chi connectivity index (χ2n) is 4.19. The minimum absolute atomic E-state index is 0.0982. The van der Waals surface area contributed by atoms with Crippen molar-refractivity contribution in [1.82, 2.24) is 0 Å². The number of Topliss-reactive ketones (excluding diaryl/α,β-unsaturated/α-hetero) is 1. The van der Waals surface area contributed by atoms with Gasteiger partial charge in [0.25, 0.3) is 0 Å². The largest absolute Gasteiger partial charge is 0.482 e. The summed E-state index contributed by atoms with van der Waals surface area (Å²) in [6.45, 7) is 1.89. The van der Waals surface area contributed by atoms with Crippen molar-refractivity contribution < 1.29 is 13.9 Å². The lowest BCUT2D eigenvalue weighted by Gasteiger charge is -2.06. The molecule has 0 saturated carbocycles. The molecule has 2 aromatic rings. The number of aryl methyl sites for hydroxylation is 1. The van der Waals surface area contributed by atoms with E-state index >= 15 is 0 Å². The first-order chi connectivity index (χ1) is 9.20. The third-order valence-corrected chi connectivity index (χ3v) is 2.88. The highest BCUT2D eigenvalue weighted by atomic mass is 19.1. The summed E-state index contributed by atoms with van der Waals surface area (Å²) < 4.78 is 18.5. The van der Waals surface area contributed by atoms with Crippen molar-refractivity contribution in [1.29, 1.82) is 0 Å². The molecule has 0 bridgehead atoms. The molecule has 0 N–H and O–H groups in total. The average molecular weight is 258 g/mol. The van der Waals surface area contributed by atoms with Gasteiger partial charge in [0.1, 0.15) is 0 Å². The Kier molecular flexibility index (Phi) is 4.29. The SMILES string of the molecule is CCc1ccc(C(=O)COc2ccccc2F)cc1. The molecule has 2 aromatic carbocycles. The van der Waals surface area contributed by atoms with Crippen LogP contribution in [0.15, 0.2) is 48.5 Å². The van der Waals surface area contributed by atoms with Crippen LogP contribution >= 0.6 is 0 Å². The van der Waals surface area contributed by atoms with Crippen molar-refractivity contribution in [2.45, 2.75) is 13.3 Å². The van der Waals surface area contributed by atoms with Crippen molar-refractivity contribution in [2.75, 3.05) is 6.61 Å². The van der Waals surface area contributed by atoms with Gasteiger partial charge in [-0.1, -0.05) is 43.3 Å².